The molecule has 0 saturated heterocycles. The second-order valence-corrected chi connectivity index (χ2v) is 4.17. The molecule has 0 aliphatic heterocycles. The van der Waals surface area contributed by atoms with Gasteiger partial charge in [0.1, 0.15) is 6.61 Å². The molecule has 110 valence electrons. The number of rotatable bonds is 4. The van der Waals surface area contributed by atoms with Crippen molar-refractivity contribution in [2.75, 3.05) is 0 Å². The van der Waals surface area contributed by atoms with Crippen LogP contribution in [0.3, 0.4) is 0 Å². The molecule has 2 aromatic carbocycles. The highest BCUT2D eigenvalue weighted by Crippen LogP contribution is 2.33. The third-order valence-electron chi connectivity index (χ3n) is 2.77. The zero-order chi connectivity index (χ0) is 15.5. The Kier molecular flexibility index (Phi) is 4.11. The van der Waals surface area contributed by atoms with Gasteiger partial charge in [0, 0.05) is 11.6 Å². The van der Waals surface area contributed by atoms with Crippen molar-refractivity contribution in [2.24, 2.45) is 0 Å². The van der Waals surface area contributed by atoms with Gasteiger partial charge < -0.3 is 4.74 Å². The first kappa shape index (κ1) is 14.8. The summed E-state index contributed by atoms with van der Waals surface area (Å²) < 4.78 is 43.6. The summed E-state index contributed by atoms with van der Waals surface area (Å²) in [4.78, 5) is 10.2. The Balaban J connectivity index is 2.24. The molecule has 0 fully saturated rings. The third-order valence-corrected chi connectivity index (χ3v) is 2.77. The van der Waals surface area contributed by atoms with E-state index in [1.807, 2.05) is 0 Å². The van der Waals surface area contributed by atoms with Crippen LogP contribution in [0.25, 0.3) is 0 Å². The summed E-state index contributed by atoms with van der Waals surface area (Å²) in [7, 11) is 0. The topological polar surface area (TPSA) is 52.4 Å². The van der Waals surface area contributed by atoms with E-state index in [-0.39, 0.29) is 17.0 Å². The lowest BCUT2D eigenvalue weighted by molar-refractivity contribution is -0.385. The van der Waals surface area contributed by atoms with Crippen LogP contribution in [0, 0.1) is 10.1 Å². The van der Waals surface area contributed by atoms with Crippen molar-refractivity contribution in [2.45, 2.75) is 12.8 Å². The highest BCUT2D eigenvalue weighted by molar-refractivity contribution is 5.46. The molecule has 0 spiro atoms. The fourth-order valence-corrected chi connectivity index (χ4v) is 1.81. The van der Waals surface area contributed by atoms with Gasteiger partial charge in [0.2, 0.25) is 0 Å². The van der Waals surface area contributed by atoms with Gasteiger partial charge in [0.25, 0.3) is 0 Å². The van der Waals surface area contributed by atoms with Gasteiger partial charge in [-0.25, -0.2) is 0 Å². The van der Waals surface area contributed by atoms with Gasteiger partial charge in [0.15, 0.2) is 5.75 Å². The van der Waals surface area contributed by atoms with E-state index in [0.29, 0.717) is 0 Å². The van der Waals surface area contributed by atoms with Gasteiger partial charge in [-0.2, -0.15) is 13.2 Å². The number of benzene rings is 2. The molecule has 7 heteroatoms. The van der Waals surface area contributed by atoms with Crippen LogP contribution in [-0.4, -0.2) is 4.92 Å². The number of ether oxygens (including phenoxy) is 1. The second kappa shape index (κ2) is 5.82. The van der Waals surface area contributed by atoms with Crippen LogP contribution in [0.1, 0.15) is 11.1 Å². The number of alkyl halides is 3. The third kappa shape index (κ3) is 3.50. The molecular weight excluding hydrogens is 287 g/mol. The van der Waals surface area contributed by atoms with E-state index in [4.69, 9.17) is 4.74 Å². The Morgan fingerprint density at radius 2 is 1.67 bits per heavy atom. The van der Waals surface area contributed by atoms with Gasteiger partial charge in [0.05, 0.1) is 10.5 Å². The van der Waals surface area contributed by atoms with Crippen LogP contribution in [-0.2, 0) is 12.8 Å². The zero-order valence-corrected chi connectivity index (χ0v) is 10.6. The summed E-state index contributed by atoms with van der Waals surface area (Å²) in [5.41, 5.74) is -1.19. The van der Waals surface area contributed by atoms with Crippen molar-refractivity contribution < 1.29 is 22.8 Å². The van der Waals surface area contributed by atoms with Crippen molar-refractivity contribution in [3.63, 3.8) is 0 Å². The van der Waals surface area contributed by atoms with E-state index in [1.54, 1.807) is 0 Å². The standard InChI is InChI=1S/C14H10F3NO3/c15-14(16,17)11-6-2-1-5-10(11)9-21-13-8-4-3-7-12(13)18(19)20/h1-8H,9H2. The van der Waals surface area contributed by atoms with E-state index >= 15 is 0 Å². The molecule has 0 radical (unpaired) electrons. The minimum absolute atomic E-state index is 0.0699. The lowest BCUT2D eigenvalue weighted by Crippen LogP contribution is -2.11. The molecule has 0 aliphatic carbocycles. The van der Waals surface area contributed by atoms with E-state index in [0.717, 1.165) is 6.07 Å². The predicted octanol–water partition coefficient (Wildman–Crippen LogP) is 4.19. The highest BCUT2D eigenvalue weighted by Gasteiger charge is 2.33. The summed E-state index contributed by atoms with van der Waals surface area (Å²) in [6.45, 7) is -0.402. The average molecular weight is 297 g/mol. The van der Waals surface area contributed by atoms with Crippen molar-refractivity contribution >= 4 is 5.69 Å². The SMILES string of the molecule is O=[N+]([O-])c1ccccc1OCc1ccccc1C(F)(F)F. The second-order valence-electron chi connectivity index (χ2n) is 4.17. The van der Waals surface area contributed by atoms with Crippen molar-refractivity contribution in [1.29, 1.82) is 0 Å². The number of para-hydroxylation sites is 2. The molecule has 2 rings (SSSR count). The van der Waals surface area contributed by atoms with E-state index in [2.05, 4.69) is 0 Å². The van der Waals surface area contributed by atoms with Crippen LogP contribution < -0.4 is 4.74 Å². The molecule has 0 bridgehead atoms. The van der Waals surface area contributed by atoms with E-state index < -0.39 is 23.3 Å². The summed E-state index contributed by atoms with van der Waals surface area (Å²) >= 11 is 0. The van der Waals surface area contributed by atoms with Crippen LogP contribution in [0.5, 0.6) is 5.75 Å². The lowest BCUT2D eigenvalue weighted by Gasteiger charge is -2.13. The molecule has 2 aromatic rings. The van der Waals surface area contributed by atoms with E-state index in [9.17, 15) is 23.3 Å². The maximum absolute atomic E-state index is 12.8. The van der Waals surface area contributed by atoms with Crippen LogP contribution in [0.15, 0.2) is 48.5 Å². The van der Waals surface area contributed by atoms with Gasteiger partial charge >= 0.3 is 11.9 Å². The monoisotopic (exact) mass is 297 g/mol. The Bertz CT molecular complexity index is 656. The fraction of sp³-hybridized carbons (Fsp3) is 0.143. The molecule has 21 heavy (non-hydrogen) atoms. The molecule has 0 N–H and O–H groups in total. The van der Waals surface area contributed by atoms with Gasteiger partial charge in [-0.05, 0) is 12.1 Å². The maximum Gasteiger partial charge on any atom is 0.416 e. The van der Waals surface area contributed by atoms with Crippen LogP contribution >= 0.6 is 0 Å². The number of nitro groups is 1. The van der Waals surface area contributed by atoms with Gasteiger partial charge in [-0.15, -0.1) is 0 Å². The fourth-order valence-electron chi connectivity index (χ4n) is 1.81. The first-order chi connectivity index (χ1) is 9.89. The molecule has 0 aliphatic rings. The number of nitro benzene ring substituents is 1. The lowest BCUT2D eigenvalue weighted by atomic mass is 10.1. The number of halogens is 3. The number of hydrogen-bond donors (Lipinski definition) is 0. The Hall–Kier alpha value is -2.57. The summed E-state index contributed by atoms with van der Waals surface area (Å²) in [5.74, 6) is -0.0699. The van der Waals surface area contributed by atoms with Crippen molar-refractivity contribution in [1.82, 2.24) is 0 Å². The highest BCUT2D eigenvalue weighted by atomic mass is 19.4. The molecule has 0 atom stereocenters. The number of hydrogen-bond acceptors (Lipinski definition) is 3. The normalized spacial score (nSPS) is 11.2. The molecule has 0 unspecified atom stereocenters. The maximum atomic E-state index is 12.8. The predicted molar refractivity (Wildman–Crippen MR) is 68.9 cm³/mol. The van der Waals surface area contributed by atoms with Crippen LogP contribution in [0.4, 0.5) is 18.9 Å². The Morgan fingerprint density at radius 1 is 1.05 bits per heavy atom. The first-order valence-electron chi connectivity index (χ1n) is 5.91. The Morgan fingerprint density at radius 3 is 2.33 bits per heavy atom. The average Bonchev–Trinajstić information content (AvgIpc) is 2.44. The molecule has 0 amide bonds. The minimum atomic E-state index is -4.50. The quantitative estimate of drug-likeness (QED) is 0.628. The van der Waals surface area contributed by atoms with Crippen molar-refractivity contribution in [3.05, 3.63) is 69.8 Å². The van der Waals surface area contributed by atoms with Crippen LogP contribution in [0.2, 0.25) is 0 Å². The Labute approximate surface area is 117 Å². The minimum Gasteiger partial charge on any atom is -0.482 e. The molecule has 0 aromatic heterocycles. The molecule has 0 heterocycles. The number of nitrogens with zero attached hydrogens (tertiary/aromatic N) is 1. The largest absolute Gasteiger partial charge is 0.482 e. The van der Waals surface area contributed by atoms with Gasteiger partial charge in [-0.3, -0.25) is 10.1 Å². The molecule has 0 saturated carbocycles. The van der Waals surface area contributed by atoms with E-state index in [1.165, 1.54) is 42.5 Å². The molecule has 4 nitrogen and oxygen atoms in total. The van der Waals surface area contributed by atoms with Crippen molar-refractivity contribution in [3.8, 4) is 5.75 Å². The van der Waals surface area contributed by atoms with Gasteiger partial charge in [-0.1, -0.05) is 30.3 Å². The zero-order valence-electron chi connectivity index (χ0n) is 10.6. The first-order valence-corrected chi connectivity index (χ1v) is 5.91. The smallest absolute Gasteiger partial charge is 0.416 e. The molecular formula is C14H10F3NO3. The summed E-state index contributed by atoms with van der Waals surface area (Å²) in [6, 6.07) is 10.5. The summed E-state index contributed by atoms with van der Waals surface area (Å²) in [6.07, 6.45) is -4.50. The summed E-state index contributed by atoms with van der Waals surface area (Å²) in [5, 5.41) is 10.8.